The van der Waals surface area contributed by atoms with Gasteiger partial charge in [-0.05, 0) is 34.5 Å². The van der Waals surface area contributed by atoms with Gasteiger partial charge in [0.15, 0.2) is 17.3 Å². The molecule has 0 amide bonds. The summed E-state index contributed by atoms with van der Waals surface area (Å²) >= 11 is 0. The quantitative estimate of drug-likeness (QED) is 0.726. The maximum absolute atomic E-state index is 12.8. The summed E-state index contributed by atoms with van der Waals surface area (Å²) in [4.78, 5) is 12.8. The Morgan fingerprint density at radius 3 is 2.79 bits per heavy atom. The van der Waals surface area contributed by atoms with Crippen LogP contribution in [-0.4, -0.2) is 12.6 Å². The van der Waals surface area contributed by atoms with E-state index in [1.165, 1.54) is 0 Å². The van der Waals surface area contributed by atoms with E-state index in [1.54, 1.807) is 0 Å². The molecule has 0 saturated heterocycles. The average Bonchev–Trinajstić information content (AvgIpc) is 3.08. The SMILES string of the molecule is O=C1C[C@H](c2ccc3c(c2)OCO3)Nc2ccc3ccccc3c21. The molecule has 1 N–H and O–H groups in total. The van der Waals surface area contributed by atoms with E-state index in [9.17, 15) is 4.79 Å². The number of anilines is 1. The summed E-state index contributed by atoms with van der Waals surface area (Å²) in [6.45, 7) is 0.255. The minimum Gasteiger partial charge on any atom is -0.454 e. The van der Waals surface area contributed by atoms with Crippen molar-refractivity contribution in [2.75, 3.05) is 12.1 Å². The number of fused-ring (bicyclic) bond motifs is 4. The minimum absolute atomic E-state index is 0.0549. The number of hydrogen-bond acceptors (Lipinski definition) is 4. The molecule has 0 unspecified atom stereocenters. The molecule has 118 valence electrons. The third-order valence-corrected chi connectivity index (χ3v) is 4.73. The van der Waals surface area contributed by atoms with Crippen LogP contribution in [0.2, 0.25) is 0 Å². The summed E-state index contributed by atoms with van der Waals surface area (Å²) in [5.41, 5.74) is 2.73. The van der Waals surface area contributed by atoms with Gasteiger partial charge in [0.05, 0.1) is 6.04 Å². The fourth-order valence-corrected chi connectivity index (χ4v) is 3.55. The maximum Gasteiger partial charge on any atom is 0.231 e. The molecule has 1 atom stereocenters. The van der Waals surface area contributed by atoms with Crippen LogP contribution in [0.3, 0.4) is 0 Å². The number of rotatable bonds is 1. The van der Waals surface area contributed by atoms with Gasteiger partial charge in [0.25, 0.3) is 0 Å². The number of ether oxygens (including phenoxy) is 2. The van der Waals surface area contributed by atoms with Crippen molar-refractivity contribution < 1.29 is 14.3 Å². The van der Waals surface area contributed by atoms with E-state index in [0.717, 1.165) is 39.1 Å². The topological polar surface area (TPSA) is 47.6 Å². The summed E-state index contributed by atoms with van der Waals surface area (Å²) in [7, 11) is 0. The molecule has 0 bridgehead atoms. The first-order chi connectivity index (χ1) is 11.8. The lowest BCUT2D eigenvalue weighted by molar-refractivity contribution is 0.0974. The number of nitrogens with one attached hydrogen (secondary N) is 1. The molecule has 0 saturated carbocycles. The Labute approximate surface area is 139 Å². The average molecular weight is 317 g/mol. The van der Waals surface area contributed by atoms with Crippen LogP contribution in [0, 0.1) is 0 Å². The highest BCUT2D eigenvalue weighted by Gasteiger charge is 2.28. The summed E-state index contributed by atoms with van der Waals surface area (Å²) in [5, 5.41) is 5.61. The van der Waals surface area contributed by atoms with Crippen LogP contribution in [0.25, 0.3) is 10.8 Å². The second-order valence-corrected chi connectivity index (χ2v) is 6.15. The van der Waals surface area contributed by atoms with Crippen LogP contribution in [-0.2, 0) is 0 Å². The highest BCUT2D eigenvalue weighted by Crippen LogP contribution is 2.40. The normalized spacial score (nSPS) is 18.3. The standard InChI is InChI=1S/C20H15NO3/c22-17-10-16(13-6-8-18-19(9-13)24-11-23-18)21-15-7-5-12-3-1-2-4-14(12)20(15)17/h1-9,16,21H,10-11H2/t16-/m1/s1. The van der Waals surface area contributed by atoms with Gasteiger partial charge in [0, 0.05) is 17.7 Å². The van der Waals surface area contributed by atoms with Crippen molar-refractivity contribution in [2.45, 2.75) is 12.5 Å². The lowest BCUT2D eigenvalue weighted by Crippen LogP contribution is -2.23. The van der Waals surface area contributed by atoms with E-state index in [2.05, 4.69) is 11.4 Å². The number of carbonyl (C=O) groups is 1. The van der Waals surface area contributed by atoms with Crippen LogP contribution in [0.1, 0.15) is 28.4 Å². The Bertz CT molecular complexity index is 980. The van der Waals surface area contributed by atoms with Gasteiger partial charge in [0.1, 0.15) is 0 Å². The van der Waals surface area contributed by atoms with Crippen molar-refractivity contribution in [3.8, 4) is 11.5 Å². The molecule has 2 aliphatic heterocycles. The van der Waals surface area contributed by atoms with Gasteiger partial charge >= 0.3 is 0 Å². The first-order valence-corrected chi connectivity index (χ1v) is 8.00. The zero-order valence-electron chi connectivity index (χ0n) is 12.9. The first kappa shape index (κ1) is 13.4. The van der Waals surface area contributed by atoms with Crippen molar-refractivity contribution in [3.05, 3.63) is 65.7 Å². The Balaban J connectivity index is 1.57. The molecule has 4 heteroatoms. The predicted molar refractivity (Wildman–Crippen MR) is 91.8 cm³/mol. The fourth-order valence-electron chi connectivity index (χ4n) is 3.55. The Morgan fingerprint density at radius 2 is 1.83 bits per heavy atom. The second kappa shape index (κ2) is 4.99. The van der Waals surface area contributed by atoms with Gasteiger partial charge in [-0.25, -0.2) is 0 Å². The third-order valence-electron chi connectivity index (χ3n) is 4.73. The zero-order valence-corrected chi connectivity index (χ0v) is 12.9. The fraction of sp³-hybridized carbons (Fsp3) is 0.150. The third kappa shape index (κ3) is 1.96. The molecule has 0 fully saturated rings. The van der Waals surface area contributed by atoms with Crippen LogP contribution in [0.5, 0.6) is 11.5 Å². The van der Waals surface area contributed by atoms with Crippen LogP contribution >= 0.6 is 0 Å². The minimum atomic E-state index is -0.0549. The van der Waals surface area contributed by atoms with E-state index >= 15 is 0 Å². The van der Waals surface area contributed by atoms with E-state index in [0.29, 0.717) is 6.42 Å². The molecular weight excluding hydrogens is 302 g/mol. The highest BCUT2D eigenvalue weighted by molar-refractivity contribution is 6.14. The molecule has 0 aliphatic carbocycles. The summed E-state index contributed by atoms with van der Waals surface area (Å²) < 4.78 is 10.8. The summed E-state index contributed by atoms with van der Waals surface area (Å²) in [6, 6.07) is 17.8. The molecule has 0 aromatic heterocycles. The first-order valence-electron chi connectivity index (χ1n) is 8.00. The van der Waals surface area contributed by atoms with Crippen LogP contribution in [0.15, 0.2) is 54.6 Å². The maximum atomic E-state index is 12.8. The molecule has 24 heavy (non-hydrogen) atoms. The molecule has 3 aromatic carbocycles. The molecule has 2 heterocycles. The monoisotopic (exact) mass is 317 g/mol. The van der Waals surface area contributed by atoms with E-state index in [4.69, 9.17) is 9.47 Å². The summed E-state index contributed by atoms with van der Waals surface area (Å²) in [5.74, 6) is 1.67. The molecule has 5 rings (SSSR count). The van der Waals surface area contributed by atoms with E-state index < -0.39 is 0 Å². The molecular formula is C20H15NO3. The number of hydrogen-bond donors (Lipinski definition) is 1. The van der Waals surface area contributed by atoms with Gasteiger partial charge in [-0.3, -0.25) is 4.79 Å². The van der Waals surface area contributed by atoms with E-state index in [1.807, 2.05) is 48.5 Å². The number of ketones is 1. The molecule has 0 spiro atoms. The number of Topliss-reactive ketones (excluding diaryl/α,β-unsaturated/α-hetero) is 1. The van der Waals surface area contributed by atoms with Gasteiger partial charge in [0.2, 0.25) is 6.79 Å². The van der Waals surface area contributed by atoms with Crippen molar-refractivity contribution in [1.82, 2.24) is 0 Å². The largest absolute Gasteiger partial charge is 0.454 e. The number of carbonyl (C=O) groups excluding carboxylic acids is 1. The van der Waals surface area contributed by atoms with Gasteiger partial charge < -0.3 is 14.8 Å². The second-order valence-electron chi connectivity index (χ2n) is 6.15. The van der Waals surface area contributed by atoms with Crippen molar-refractivity contribution in [3.63, 3.8) is 0 Å². The highest BCUT2D eigenvalue weighted by atomic mass is 16.7. The molecule has 0 radical (unpaired) electrons. The van der Waals surface area contributed by atoms with Crippen LogP contribution in [0.4, 0.5) is 5.69 Å². The van der Waals surface area contributed by atoms with Gasteiger partial charge in [-0.2, -0.15) is 0 Å². The Morgan fingerprint density at radius 1 is 0.958 bits per heavy atom. The molecule has 4 nitrogen and oxygen atoms in total. The van der Waals surface area contributed by atoms with Crippen molar-refractivity contribution >= 4 is 22.2 Å². The van der Waals surface area contributed by atoms with Crippen LogP contribution < -0.4 is 14.8 Å². The number of benzene rings is 3. The van der Waals surface area contributed by atoms with Gasteiger partial charge in [-0.1, -0.05) is 36.4 Å². The Hall–Kier alpha value is -3.01. The Kier molecular flexibility index (Phi) is 2.80. The smallest absolute Gasteiger partial charge is 0.231 e. The molecule has 3 aromatic rings. The van der Waals surface area contributed by atoms with Gasteiger partial charge in [-0.15, -0.1) is 0 Å². The summed E-state index contributed by atoms with van der Waals surface area (Å²) in [6.07, 6.45) is 0.431. The van der Waals surface area contributed by atoms with Crippen molar-refractivity contribution in [1.29, 1.82) is 0 Å². The van der Waals surface area contributed by atoms with Crippen molar-refractivity contribution in [2.24, 2.45) is 0 Å². The lowest BCUT2D eigenvalue weighted by atomic mass is 9.89. The van der Waals surface area contributed by atoms with E-state index in [-0.39, 0.29) is 18.6 Å². The molecule has 2 aliphatic rings. The predicted octanol–water partition coefficient (Wildman–Crippen LogP) is 4.31. The lowest BCUT2D eigenvalue weighted by Gasteiger charge is -2.27. The zero-order chi connectivity index (χ0) is 16.1.